The first-order valence-corrected chi connectivity index (χ1v) is 9.33. The summed E-state index contributed by atoms with van der Waals surface area (Å²) in [5, 5.41) is 7.53. The molecule has 1 heterocycles. The van der Waals surface area contributed by atoms with Gasteiger partial charge in [0, 0.05) is 24.0 Å². The van der Waals surface area contributed by atoms with Gasteiger partial charge in [0.2, 0.25) is 10.0 Å². The molecule has 0 aliphatic carbocycles. The average Bonchev–Trinajstić information content (AvgIpc) is 2.60. The lowest BCUT2D eigenvalue weighted by Gasteiger charge is -2.14. The van der Waals surface area contributed by atoms with Crippen LogP contribution in [0.5, 0.6) is 0 Å². The largest absolute Gasteiger partial charge is 0.453 e. The number of ether oxygens (including phenoxy) is 1. The van der Waals surface area contributed by atoms with E-state index >= 15 is 0 Å². The van der Waals surface area contributed by atoms with Gasteiger partial charge in [-0.15, -0.1) is 0 Å². The highest BCUT2D eigenvalue weighted by Gasteiger charge is 2.18. The van der Waals surface area contributed by atoms with E-state index in [9.17, 15) is 18.0 Å². The van der Waals surface area contributed by atoms with Crippen molar-refractivity contribution in [1.82, 2.24) is 4.98 Å². The number of nitrogens with zero attached hydrogens (tertiary/aromatic N) is 1. The molecule has 1 aromatic carbocycles. The predicted molar refractivity (Wildman–Crippen MR) is 94.6 cm³/mol. The number of carbonyl (C=O) groups excluding carboxylic acids is 2. The molecule has 0 spiro atoms. The first kappa shape index (κ1) is 19.5. The molecule has 26 heavy (non-hydrogen) atoms. The summed E-state index contributed by atoms with van der Waals surface area (Å²) < 4.78 is 27.7. The second-order valence-corrected chi connectivity index (χ2v) is 7.08. The number of benzene rings is 1. The van der Waals surface area contributed by atoms with Gasteiger partial charge in [-0.05, 0) is 37.3 Å². The number of hydrogen-bond donors (Lipinski definition) is 2. The number of aromatic nitrogens is 1. The molecule has 138 valence electrons. The lowest BCUT2D eigenvalue weighted by molar-refractivity contribution is -0.153. The highest BCUT2D eigenvalue weighted by atomic mass is 32.2. The van der Waals surface area contributed by atoms with Crippen molar-refractivity contribution >= 4 is 27.6 Å². The van der Waals surface area contributed by atoms with Crippen molar-refractivity contribution in [3.8, 4) is 0 Å². The fourth-order valence-electron chi connectivity index (χ4n) is 2.08. The number of sulfonamides is 1. The van der Waals surface area contributed by atoms with E-state index in [4.69, 9.17) is 9.88 Å². The second kappa shape index (κ2) is 8.54. The first-order valence-electron chi connectivity index (χ1n) is 7.79. The predicted octanol–water partition coefficient (Wildman–Crippen LogP) is 1.23. The number of nitrogens with two attached hydrogens (primary N) is 1. The minimum absolute atomic E-state index is 0.0928. The molecule has 0 radical (unpaired) electrons. The lowest BCUT2D eigenvalue weighted by Crippen LogP contribution is -2.30. The van der Waals surface area contributed by atoms with Gasteiger partial charge in [-0.1, -0.05) is 12.1 Å². The summed E-state index contributed by atoms with van der Waals surface area (Å²) >= 11 is 0. The quantitative estimate of drug-likeness (QED) is 0.698. The zero-order chi connectivity index (χ0) is 19.2. The molecule has 8 nitrogen and oxygen atoms in total. The Morgan fingerprint density at radius 2 is 2.00 bits per heavy atom. The number of nitrogens with one attached hydrogen (secondary N) is 1. The Hall–Kier alpha value is -2.78. The highest BCUT2D eigenvalue weighted by molar-refractivity contribution is 7.89. The van der Waals surface area contributed by atoms with E-state index < -0.39 is 28.0 Å². The lowest BCUT2D eigenvalue weighted by atomic mass is 10.2. The van der Waals surface area contributed by atoms with Gasteiger partial charge in [0.15, 0.2) is 6.10 Å². The zero-order valence-corrected chi connectivity index (χ0v) is 14.9. The number of hydrogen-bond acceptors (Lipinski definition) is 6. The number of aryl methyl sites for hydroxylation is 1. The van der Waals surface area contributed by atoms with Crippen LogP contribution in [0.2, 0.25) is 0 Å². The monoisotopic (exact) mass is 377 g/mol. The maximum absolute atomic E-state index is 12.1. The van der Waals surface area contributed by atoms with Crippen molar-refractivity contribution in [3.05, 3.63) is 54.4 Å². The Morgan fingerprint density at radius 1 is 1.23 bits per heavy atom. The van der Waals surface area contributed by atoms with Crippen LogP contribution in [0.25, 0.3) is 0 Å². The number of pyridine rings is 1. The van der Waals surface area contributed by atoms with E-state index in [1.165, 1.54) is 31.2 Å². The van der Waals surface area contributed by atoms with Crippen LogP contribution in [0.3, 0.4) is 0 Å². The molecule has 2 rings (SSSR count). The number of rotatable bonds is 7. The van der Waals surface area contributed by atoms with Gasteiger partial charge in [-0.2, -0.15) is 0 Å². The van der Waals surface area contributed by atoms with Crippen LogP contribution in [0, 0.1) is 0 Å². The molecular weight excluding hydrogens is 358 g/mol. The van der Waals surface area contributed by atoms with Crippen LogP contribution < -0.4 is 10.5 Å². The maximum Gasteiger partial charge on any atom is 0.306 e. The number of carbonyl (C=O) groups is 2. The van der Waals surface area contributed by atoms with E-state index in [-0.39, 0.29) is 17.0 Å². The second-order valence-electron chi connectivity index (χ2n) is 5.52. The van der Waals surface area contributed by atoms with Crippen molar-refractivity contribution < 1.29 is 22.7 Å². The van der Waals surface area contributed by atoms with Crippen LogP contribution in [-0.4, -0.2) is 31.4 Å². The summed E-state index contributed by atoms with van der Waals surface area (Å²) in [7, 11) is -3.88. The fraction of sp³-hybridized carbons (Fsp3) is 0.235. The number of primary sulfonamides is 1. The smallest absolute Gasteiger partial charge is 0.306 e. The molecule has 1 atom stereocenters. The van der Waals surface area contributed by atoms with Gasteiger partial charge in [0.1, 0.15) is 0 Å². The van der Waals surface area contributed by atoms with Crippen molar-refractivity contribution in [2.45, 2.75) is 30.8 Å². The SMILES string of the molecule is CC(OC(=O)CCc1ccccn1)C(=O)Nc1cccc(S(N)(=O)=O)c1. The number of anilines is 1. The standard InChI is InChI=1S/C17H19N3O5S/c1-12(25-16(21)9-8-13-5-2-3-10-19-13)17(22)20-14-6-4-7-15(11-14)26(18,23)24/h2-7,10-12H,8-9H2,1H3,(H,20,22)(H2,18,23,24). The average molecular weight is 377 g/mol. The van der Waals surface area contributed by atoms with Gasteiger partial charge in [-0.25, -0.2) is 13.6 Å². The van der Waals surface area contributed by atoms with Gasteiger partial charge < -0.3 is 10.1 Å². The Bertz CT molecular complexity index is 884. The van der Waals surface area contributed by atoms with Crippen molar-refractivity contribution in [3.63, 3.8) is 0 Å². The molecule has 2 aromatic rings. The zero-order valence-electron chi connectivity index (χ0n) is 14.1. The van der Waals surface area contributed by atoms with E-state index in [0.29, 0.717) is 6.42 Å². The van der Waals surface area contributed by atoms with E-state index in [1.807, 2.05) is 6.07 Å². The van der Waals surface area contributed by atoms with Crippen molar-refractivity contribution in [2.24, 2.45) is 5.14 Å². The van der Waals surface area contributed by atoms with Gasteiger partial charge in [0.05, 0.1) is 11.3 Å². The molecule has 0 fully saturated rings. The Labute approximate surface area is 151 Å². The van der Waals surface area contributed by atoms with Crippen molar-refractivity contribution in [2.75, 3.05) is 5.32 Å². The Morgan fingerprint density at radius 3 is 2.65 bits per heavy atom. The van der Waals surface area contributed by atoms with Crippen LogP contribution in [0.4, 0.5) is 5.69 Å². The van der Waals surface area contributed by atoms with Crippen molar-refractivity contribution in [1.29, 1.82) is 0 Å². The molecule has 0 aliphatic heterocycles. The minimum atomic E-state index is -3.88. The summed E-state index contributed by atoms with van der Waals surface area (Å²) in [4.78, 5) is 27.9. The molecule has 9 heteroatoms. The van der Waals surface area contributed by atoms with E-state index in [1.54, 1.807) is 18.3 Å². The van der Waals surface area contributed by atoms with Gasteiger partial charge in [-0.3, -0.25) is 14.6 Å². The summed E-state index contributed by atoms with van der Waals surface area (Å²) in [6, 6.07) is 10.9. The molecule has 1 unspecified atom stereocenters. The summed E-state index contributed by atoms with van der Waals surface area (Å²) in [6.07, 6.45) is 1.09. The third kappa shape index (κ3) is 5.94. The van der Waals surface area contributed by atoms with Crippen LogP contribution in [0.15, 0.2) is 53.6 Å². The van der Waals surface area contributed by atoms with Crippen LogP contribution >= 0.6 is 0 Å². The molecule has 0 saturated heterocycles. The first-order chi connectivity index (χ1) is 12.3. The molecule has 0 saturated carbocycles. The third-order valence-corrected chi connectivity index (χ3v) is 4.33. The molecule has 3 N–H and O–H groups in total. The van der Waals surface area contributed by atoms with E-state index in [0.717, 1.165) is 5.69 Å². The minimum Gasteiger partial charge on any atom is -0.453 e. The van der Waals surface area contributed by atoms with Gasteiger partial charge >= 0.3 is 5.97 Å². The van der Waals surface area contributed by atoms with Crippen LogP contribution in [0.1, 0.15) is 19.0 Å². The molecular formula is C17H19N3O5S. The molecule has 0 aliphatic rings. The molecule has 1 amide bonds. The summed E-state index contributed by atoms with van der Waals surface area (Å²) in [5.74, 6) is -1.11. The number of amides is 1. The van der Waals surface area contributed by atoms with E-state index in [2.05, 4.69) is 10.3 Å². The fourth-order valence-corrected chi connectivity index (χ4v) is 2.64. The maximum atomic E-state index is 12.1. The summed E-state index contributed by atoms with van der Waals surface area (Å²) in [6.45, 7) is 1.43. The third-order valence-electron chi connectivity index (χ3n) is 3.42. The molecule has 0 bridgehead atoms. The normalized spacial score (nSPS) is 12.2. The van der Waals surface area contributed by atoms with Crippen LogP contribution in [-0.2, 0) is 30.8 Å². The Kier molecular flexibility index (Phi) is 6.42. The summed E-state index contributed by atoms with van der Waals surface area (Å²) in [5.41, 5.74) is 0.985. The number of esters is 1. The Balaban J connectivity index is 1.88. The topological polar surface area (TPSA) is 128 Å². The highest BCUT2D eigenvalue weighted by Crippen LogP contribution is 2.14. The molecule has 1 aromatic heterocycles. The van der Waals surface area contributed by atoms with Gasteiger partial charge in [0.25, 0.3) is 5.91 Å².